The molecule has 43 heavy (non-hydrogen) atoms. The molecule has 4 aromatic rings. The number of ether oxygens (including phenoxy) is 3. The molecule has 11 nitrogen and oxygen atoms in total. The Balaban J connectivity index is 0.000000284. The third-order valence-corrected chi connectivity index (χ3v) is 5.69. The van der Waals surface area contributed by atoms with Crippen molar-refractivity contribution in [1.82, 2.24) is 0 Å². The minimum atomic E-state index is -0.992. The fourth-order valence-electron chi connectivity index (χ4n) is 3.47. The van der Waals surface area contributed by atoms with Gasteiger partial charge >= 0.3 is 11.9 Å². The lowest BCUT2D eigenvalue weighted by Gasteiger charge is -2.09. The Labute approximate surface area is 247 Å². The van der Waals surface area contributed by atoms with Crippen LogP contribution in [0, 0.1) is 0 Å². The number of aromatic carboxylic acids is 1. The highest BCUT2D eigenvalue weighted by Crippen LogP contribution is 2.27. The van der Waals surface area contributed by atoms with Crippen LogP contribution in [0.25, 0.3) is 0 Å². The van der Waals surface area contributed by atoms with Crippen LogP contribution in [0.4, 0.5) is 0 Å². The van der Waals surface area contributed by atoms with E-state index >= 15 is 0 Å². The number of hydrogen-bond acceptors (Lipinski definition) is 10. The summed E-state index contributed by atoms with van der Waals surface area (Å²) in [5, 5.41) is 34.8. The van der Waals surface area contributed by atoms with E-state index in [0.29, 0.717) is 23.9 Å². The number of phenols is 2. The quantitative estimate of drug-likeness (QED) is 0.149. The molecule has 0 aliphatic heterocycles. The maximum atomic E-state index is 11.3. The molecule has 0 heterocycles. The maximum Gasteiger partial charge on any atom is 0.337 e. The molecular weight excluding hydrogens is 560 g/mol. The van der Waals surface area contributed by atoms with E-state index in [9.17, 15) is 29.4 Å². The first-order valence-electron chi connectivity index (χ1n) is 12.5. The van der Waals surface area contributed by atoms with Gasteiger partial charge in [-0.3, -0.25) is 9.59 Å². The van der Waals surface area contributed by atoms with E-state index in [1.807, 2.05) is 0 Å². The summed E-state index contributed by atoms with van der Waals surface area (Å²) in [6, 6.07) is 22.1. The molecule has 0 spiro atoms. The Bertz CT molecular complexity index is 1510. The predicted molar refractivity (Wildman–Crippen MR) is 155 cm³/mol. The van der Waals surface area contributed by atoms with Crippen LogP contribution in [0.1, 0.15) is 52.6 Å². The van der Waals surface area contributed by atoms with Crippen LogP contribution >= 0.6 is 0 Å². The monoisotopic (exact) mass is 590 g/mol. The Morgan fingerprint density at radius 3 is 1.40 bits per heavy atom. The number of benzene rings is 4. The number of aldehydes is 2. The van der Waals surface area contributed by atoms with Crippen molar-refractivity contribution in [2.75, 3.05) is 14.2 Å². The van der Waals surface area contributed by atoms with Crippen molar-refractivity contribution >= 4 is 24.5 Å². The topological polar surface area (TPSA) is 177 Å². The first-order chi connectivity index (χ1) is 20.8. The second-order valence-electron chi connectivity index (χ2n) is 8.38. The molecule has 0 aromatic heterocycles. The van der Waals surface area contributed by atoms with Crippen LogP contribution in [0.3, 0.4) is 0 Å². The molecule has 0 saturated heterocycles. The molecule has 0 saturated carbocycles. The van der Waals surface area contributed by atoms with Crippen LogP contribution in [-0.2, 0) is 18.0 Å². The molecule has 4 N–H and O–H groups in total. The van der Waals surface area contributed by atoms with Gasteiger partial charge in [-0.15, -0.1) is 0 Å². The van der Waals surface area contributed by atoms with Crippen LogP contribution in [0.5, 0.6) is 23.0 Å². The standard InChI is InChI=1S/C16H14O5.C15H12O5.CH4O/c1-20-16(19)12-7-5-11(6-8-12)10-21-15-4-2-3-14(18)13(15)9-17;16-8-12-13(17)2-1-3-14(12)20-9-10-4-6-11(7-5-10)15(18)19;1-2/h2-9,18H,10H2,1H3;1-8,17H,9H2,(H,18,19);2H,1H3. The maximum absolute atomic E-state index is 11.3. The highest BCUT2D eigenvalue weighted by Gasteiger charge is 2.10. The second-order valence-corrected chi connectivity index (χ2v) is 8.38. The summed E-state index contributed by atoms with van der Waals surface area (Å²) in [5.41, 5.74) is 2.43. The molecule has 0 radical (unpaired) electrons. The van der Waals surface area contributed by atoms with Gasteiger partial charge in [-0.1, -0.05) is 36.4 Å². The molecule has 11 heteroatoms. The largest absolute Gasteiger partial charge is 0.507 e. The molecule has 4 rings (SSSR count). The third kappa shape index (κ3) is 9.73. The average Bonchev–Trinajstić information content (AvgIpc) is 3.04. The molecule has 0 aliphatic rings. The minimum absolute atomic E-state index is 0.0923. The SMILES string of the molecule is CO.COC(=O)c1ccc(COc2cccc(O)c2C=O)cc1.O=Cc1c(O)cccc1OCc1ccc(C(=O)O)cc1. The van der Waals surface area contributed by atoms with Gasteiger partial charge in [0.15, 0.2) is 12.6 Å². The van der Waals surface area contributed by atoms with Crippen LogP contribution < -0.4 is 9.47 Å². The predicted octanol–water partition coefficient (Wildman–Crippen LogP) is 4.66. The third-order valence-electron chi connectivity index (χ3n) is 5.69. The van der Waals surface area contributed by atoms with Crippen molar-refractivity contribution < 1.29 is 53.8 Å². The van der Waals surface area contributed by atoms with Crippen molar-refractivity contribution in [1.29, 1.82) is 0 Å². The fraction of sp³-hybridized carbons (Fsp3) is 0.125. The Kier molecular flexibility index (Phi) is 13.4. The summed E-state index contributed by atoms with van der Waals surface area (Å²) in [7, 11) is 2.32. The van der Waals surface area contributed by atoms with E-state index in [-0.39, 0.29) is 47.2 Å². The highest BCUT2D eigenvalue weighted by atomic mass is 16.5. The second kappa shape index (κ2) is 17.2. The number of carbonyl (C=O) groups excluding carboxylic acids is 3. The minimum Gasteiger partial charge on any atom is -0.507 e. The van der Waals surface area contributed by atoms with E-state index in [2.05, 4.69) is 4.74 Å². The highest BCUT2D eigenvalue weighted by molar-refractivity contribution is 5.89. The molecular formula is C32H30O11. The number of methoxy groups -OCH3 is 1. The number of rotatable bonds is 10. The molecule has 0 fully saturated rings. The summed E-state index contributed by atoms with van der Waals surface area (Å²) in [4.78, 5) is 43.8. The summed E-state index contributed by atoms with van der Waals surface area (Å²) in [6.07, 6.45) is 1.07. The lowest BCUT2D eigenvalue weighted by Crippen LogP contribution is -2.02. The molecule has 4 aromatic carbocycles. The van der Waals surface area contributed by atoms with Gasteiger partial charge in [0.25, 0.3) is 0 Å². The van der Waals surface area contributed by atoms with Crippen molar-refractivity contribution in [2.45, 2.75) is 13.2 Å². The molecule has 0 amide bonds. The zero-order valence-electron chi connectivity index (χ0n) is 23.3. The Morgan fingerprint density at radius 1 is 0.651 bits per heavy atom. The summed E-state index contributed by atoms with van der Waals surface area (Å²) < 4.78 is 15.6. The molecule has 224 valence electrons. The molecule has 0 bridgehead atoms. The number of carbonyl (C=O) groups is 4. The molecule has 0 atom stereocenters. The number of carboxylic acid groups (broad SMARTS) is 1. The average molecular weight is 591 g/mol. The van der Waals surface area contributed by atoms with Gasteiger partial charge < -0.3 is 34.6 Å². The van der Waals surface area contributed by atoms with Crippen LogP contribution in [-0.4, -0.2) is 59.2 Å². The number of aliphatic hydroxyl groups is 1. The Morgan fingerprint density at radius 2 is 1.05 bits per heavy atom. The number of aliphatic hydroxyl groups excluding tert-OH is 1. The van der Waals surface area contributed by atoms with Crippen LogP contribution in [0.15, 0.2) is 84.9 Å². The van der Waals surface area contributed by atoms with Gasteiger partial charge in [0.1, 0.15) is 36.2 Å². The number of carboxylic acids is 1. The van der Waals surface area contributed by atoms with E-state index in [4.69, 9.17) is 19.7 Å². The zero-order valence-corrected chi connectivity index (χ0v) is 23.3. The van der Waals surface area contributed by atoms with Gasteiger partial charge in [0, 0.05) is 7.11 Å². The van der Waals surface area contributed by atoms with Gasteiger partial charge in [0.2, 0.25) is 0 Å². The van der Waals surface area contributed by atoms with Gasteiger partial charge in [-0.05, 0) is 59.7 Å². The lowest BCUT2D eigenvalue weighted by atomic mass is 10.1. The smallest absolute Gasteiger partial charge is 0.337 e. The van der Waals surface area contributed by atoms with E-state index in [0.717, 1.165) is 18.2 Å². The summed E-state index contributed by atoms with van der Waals surface area (Å²) in [6.45, 7) is 0.385. The van der Waals surface area contributed by atoms with Crippen molar-refractivity contribution in [2.24, 2.45) is 0 Å². The van der Waals surface area contributed by atoms with Crippen molar-refractivity contribution in [3.63, 3.8) is 0 Å². The summed E-state index contributed by atoms with van der Waals surface area (Å²) >= 11 is 0. The number of aromatic hydroxyl groups is 2. The Hall–Kier alpha value is -5.68. The normalized spacial score (nSPS) is 9.65. The lowest BCUT2D eigenvalue weighted by molar-refractivity contribution is 0.0599. The number of hydrogen-bond donors (Lipinski definition) is 4. The first-order valence-corrected chi connectivity index (χ1v) is 12.5. The molecule has 0 aliphatic carbocycles. The fourth-order valence-corrected chi connectivity index (χ4v) is 3.47. The van der Waals surface area contributed by atoms with Gasteiger partial charge in [-0.2, -0.15) is 0 Å². The van der Waals surface area contributed by atoms with Gasteiger partial charge in [0.05, 0.1) is 29.4 Å². The zero-order chi connectivity index (χ0) is 31.8. The van der Waals surface area contributed by atoms with Crippen molar-refractivity contribution in [3.05, 3.63) is 118 Å². The number of esters is 1. The summed E-state index contributed by atoms with van der Waals surface area (Å²) in [5.74, 6) is -1.07. The van der Waals surface area contributed by atoms with E-state index in [1.165, 1.54) is 31.4 Å². The molecule has 0 unspecified atom stereocenters. The first kappa shape index (κ1) is 33.5. The van der Waals surface area contributed by atoms with Crippen molar-refractivity contribution in [3.8, 4) is 23.0 Å². The van der Waals surface area contributed by atoms with E-state index < -0.39 is 11.9 Å². The number of phenolic OH excluding ortho intramolecular Hbond substituents is 2. The van der Waals surface area contributed by atoms with Crippen LogP contribution in [0.2, 0.25) is 0 Å². The van der Waals surface area contributed by atoms with Gasteiger partial charge in [-0.25, -0.2) is 9.59 Å². The van der Waals surface area contributed by atoms with E-state index in [1.54, 1.807) is 60.7 Å².